The molecular weight excluding hydrogens is 1540 g/mol. The van der Waals surface area contributed by atoms with Crippen LogP contribution in [0.5, 0.6) is 0 Å². The zero-order valence-electron chi connectivity index (χ0n) is 72.4. The van der Waals surface area contributed by atoms with E-state index in [0.29, 0.717) is 47.7 Å². The zero-order valence-corrected chi connectivity index (χ0v) is 72.4. The van der Waals surface area contributed by atoms with Gasteiger partial charge in [-0.25, -0.2) is 0 Å². The number of nitrogens with zero attached hydrogens (tertiary/aromatic N) is 3. The standard InChI is InChI=1S/2C35H45N3O3.C16H13NO2.2C9H15NO/c2*1-25(26-16-8-6-9-17-26)36-31(27-18-10-7-11-19-27)24-33(39)37-30-22-14-4-2-12-20-28(30)34(40)38-32-23-15-5-3-13-21-29(32)35(38)41;18-15-11-14(12-7-3-1-4-8-12)17(15)16(19)13-9-5-2-6-10-13;2*11-9-7-5-3-1-2-4-6-8(7)10-9/h2*6-11,16-19,28-32,36H,1-5,12-15,20-24H2,(H,37,39);1-10,14H,11H2;2*7-8H,1-6H2,(H,10,11)/t28?,29?,30-,31?,32-;28?,29-,30+,31?,32?;;2*7?,8-/m10.11/s1. The molecule has 0 spiro atoms. The molecule has 5 heterocycles. The number of imide groups is 3. The molecule has 11 fully saturated rings. The van der Waals surface area contributed by atoms with Gasteiger partial charge in [-0.3, -0.25) is 62.6 Å². The fraction of sp³-hybridized carbons (Fsp3) is 0.519. The third-order valence-corrected chi connectivity index (χ3v) is 27.9. The molecule has 19 heteroatoms. The van der Waals surface area contributed by atoms with Gasteiger partial charge in [-0.15, -0.1) is 0 Å². The summed E-state index contributed by atoms with van der Waals surface area (Å²) in [6.45, 7) is 8.47. The smallest absolute Gasteiger partial charge is 0.261 e. The second kappa shape index (κ2) is 45.9. The molecule has 0 radical (unpaired) electrons. The van der Waals surface area contributed by atoms with Gasteiger partial charge in [0.2, 0.25) is 53.2 Å². The van der Waals surface area contributed by atoms with Crippen molar-refractivity contribution < 1.29 is 47.9 Å². The van der Waals surface area contributed by atoms with Crippen LogP contribution in [0, 0.1) is 35.5 Å². The van der Waals surface area contributed by atoms with E-state index >= 15 is 0 Å². The Hall–Kier alpha value is -10.3. The maximum absolute atomic E-state index is 14.0. The molecule has 15 atom stereocenters. The predicted octanol–water partition coefficient (Wildman–Crippen LogP) is 18.8. The van der Waals surface area contributed by atoms with Crippen LogP contribution in [0.15, 0.2) is 195 Å². The van der Waals surface area contributed by atoms with E-state index in [2.05, 4.69) is 45.1 Å². The van der Waals surface area contributed by atoms with E-state index < -0.39 is 0 Å². The van der Waals surface area contributed by atoms with E-state index in [-0.39, 0.29) is 126 Å². The molecule has 6 aromatic rings. The summed E-state index contributed by atoms with van der Waals surface area (Å²) in [5, 5.41) is 19.5. The van der Waals surface area contributed by atoms with Gasteiger partial charge in [0.25, 0.3) is 5.91 Å². The predicted molar refractivity (Wildman–Crippen MR) is 482 cm³/mol. The molecule has 6 N–H and O–H groups in total. The summed E-state index contributed by atoms with van der Waals surface area (Å²) in [4.78, 5) is 132. The SMILES string of the molecule is C=C(NC(CC(=O)N[C@@H]1CCCCCCC1C(=O)N1C(=O)C2CCCCCC[C@H]21)c1ccccc1)c1ccccc1.C=C(NC(CC(=O)N[C@@H]1CCCCCCC1C(=O)N1C(=O)[C@H]2CCCCCCC21)c1ccccc1)c1ccccc1.O=C1CC(c2ccccc2)N1C(=O)c1ccccc1.O=C1N[C@@H]2CCCCCCC12.O=C1N[C@@H]2CCCCCCC12. The molecule has 11 aliphatic rings. The highest BCUT2D eigenvalue weighted by molar-refractivity contribution is 6.08. The summed E-state index contributed by atoms with van der Waals surface area (Å²) < 4.78 is 0. The highest BCUT2D eigenvalue weighted by Crippen LogP contribution is 2.43. The Morgan fingerprint density at radius 3 is 1.01 bits per heavy atom. The second-order valence-corrected chi connectivity index (χ2v) is 36.3. The maximum Gasteiger partial charge on any atom is 0.261 e. The molecular formula is C104H133N9O10. The van der Waals surface area contributed by atoms with Crippen LogP contribution in [0.1, 0.15) is 307 Å². The van der Waals surface area contributed by atoms with Gasteiger partial charge >= 0.3 is 0 Å². The lowest BCUT2D eigenvalue weighted by Gasteiger charge is -2.49. The first-order valence-electron chi connectivity index (χ1n) is 47.1. The molecule has 654 valence electrons. The topological polar surface area (TPSA) is 253 Å². The number of carbonyl (C=O) groups is 10. The Labute approximate surface area is 729 Å². The minimum Gasteiger partial charge on any atom is -0.378 e. The minimum atomic E-state index is -0.350. The summed E-state index contributed by atoms with van der Waals surface area (Å²) in [7, 11) is 0. The number of carbonyl (C=O) groups excluding carboxylic acids is 10. The third-order valence-electron chi connectivity index (χ3n) is 27.9. The molecule has 6 aliphatic carbocycles. The van der Waals surface area contributed by atoms with Crippen molar-refractivity contribution in [3.05, 3.63) is 229 Å². The average Bonchev–Trinajstić information content (AvgIpc) is 0.755. The van der Waals surface area contributed by atoms with Gasteiger partial charge in [-0.2, -0.15) is 0 Å². The van der Waals surface area contributed by atoms with E-state index in [0.717, 1.165) is 180 Å². The highest BCUT2D eigenvalue weighted by Gasteiger charge is 2.54. The number of nitrogens with one attached hydrogen (secondary N) is 6. The first-order chi connectivity index (χ1) is 60.1. The van der Waals surface area contributed by atoms with Crippen molar-refractivity contribution in [1.82, 2.24) is 46.6 Å². The van der Waals surface area contributed by atoms with Crippen LogP contribution in [0.25, 0.3) is 11.4 Å². The monoisotopic (exact) mass is 1670 g/mol. The largest absolute Gasteiger partial charge is 0.378 e. The number of benzene rings is 6. The number of hydrogen-bond acceptors (Lipinski definition) is 12. The van der Waals surface area contributed by atoms with Crippen molar-refractivity contribution in [3.63, 3.8) is 0 Å². The molecule has 6 aromatic carbocycles. The number of fused-ring (bicyclic) bond motifs is 4. The molecule has 6 saturated carbocycles. The van der Waals surface area contributed by atoms with E-state index in [4.69, 9.17) is 0 Å². The van der Waals surface area contributed by atoms with Crippen LogP contribution in [-0.2, 0) is 43.2 Å². The fourth-order valence-electron chi connectivity index (χ4n) is 20.8. The zero-order chi connectivity index (χ0) is 85.8. The van der Waals surface area contributed by atoms with Crippen molar-refractivity contribution >= 4 is 70.5 Å². The average molecular weight is 1670 g/mol. The van der Waals surface area contributed by atoms with Crippen LogP contribution in [0.4, 0.5) is 0 Å². The molecule has 17 rings (SSSR count). The molecule has 5 aliphatic heterocycles. The second-order valence-electron chi connectivity index (χ2n) is 36.3. The van der Waals surface area contributed by atoms with Crippen molar-refractivity contribution in [2.45, 2.75) is 305 Å². The van der Waals surface area contributed by atoms with E-state index in [1.807, 2.05) is 158 Å². The first-order valence-corrected chi connectivity index (χ1v) is 47.1. The quantitative estimate of drug-likeness (QED) is 0.0347. The molecule has 5 saturated heterocycles. The number of rotatable bonds is 18. The normalized spacial score (nSPS) is 26.6. The number of amides is 10. The van der Waals surface area contributed by atoms with Crippen molar-refractivity contribution in [3.8, 4) is 0 Å². The summed E-state index contributed by atoms with van der Waals surface area (Å²) in [5.74, 6) is 0.111. The number of hydrogen-bond donors (Lipinski definition) is 6. The van der Waals surface area contributed by atoms with Crippen LogP contribution in [-0.4, -0.2) is 110 Å². The maximum atomic E-state index is 14.0. The van der Waals surface area contributed by atoms with Crippen molar-refractivity contribution in [2.75, 3.05) is 0 Å². The summed E-state index contributed by atoms with van der Waals surface area (Å²) in [6, 6.07) is 58.3. The molecule has 10 amide bonds. The first kappa shape index (κ1) is 90.4. The van der Waals surface area contributed by atoms with Gasteiger partial charge in [0.05, 0.1) is 85.0 Å². The molecule has 9 unspecified atom stereocenters. The lowest BCUT2D eigenvalue weighted by molar-refractivity contribution is -0.172. The van der Waals surface area contributed by atoms with Gasteiger partial charge in [0.1, 0.15) is 0 Å². The molecule has 19 nitrogen and oxygen atoms in total. The molecule has 0 bridgehead atoms. The fourth-order valence-corrected chi connectivity index (χ4v) is 20.8. The van der Waals surface area contributed by atoms with E-state index in [1.54, 1.807) is 34.1 Å². The van der Waals surface area contributed by atoms with E-state index in [1.165, 1.54) is 94.8 Å². The lowest BCUT2D eigenvalue weighted by atomic mass is 9.76. The Balaban J connectivity index is 0.000000146. The van der Waals surface area contributed by atoms with Crippen molar-refractivity contribution in [1.29, 1.82) is 0 Å². The van der Waals surface area contributed by atoms with Gasteiger partial charge in [0.15, 0.2) is 0 Å². The van der Waals surface area contributed by atoms with Gasteiger partial charge in [-0.1, -0.05) is 337 Å². The number of β-lactam (4-membered cyclic amide) rings is 5. The third kappa shape index (κ3) is 24.2. The van der Waals surface area contributed by atoms with Crippen LogP contribution in [0.3, 0.4) is 0 Å². The van der Waals surface area contributed by atoms with Crippen LogP contribution < -0.4 is 31.9 Å². The van der Waals surface area contributed by atoms with Crippen molar-refractivity contribution in [2.24, 2.45) is 35.5 Å². The van der Waals surface area contributed by atoms with Gasteiger partial charge in [-0.05, 0) is 117 Å². The molecule has 123 heavy (non-hydrogen) atoms. The summed E-state index contributed by atoms with van der Waals surface area (Å²) >= 11 is 0. The Bertz CT molecular complexity index is 4270. The lowest BCUT2D eigenvalue weighted by Crippen LogP contribution is -2.65. The number of likely N-dealkylation sites (tertiary alicyclic amines) is 3. The van der Waals surface area contributed by atoms with Gasteiger partial charge < -0.3 is 31.9 Å². The Kier molecular flexibility index (Phi) is 33.7. The van der Waals surface area contributed by atoms with Crippen LogP contribution >= 0.6 is 0 Å². The summed E-state index contributed by atoms with van der Waals surface area (Å²) in [6.07, 6.45) is 39.9. The minimum absolute atomic E-state index is 0.0104. The summed E-state index contributed by atoms with van der Waals surface area (Å²) in [5.41, 5.74) is 7.05. The van der Waals surface area contributed by atoms with Gasteiger partial charge in [0, 0.05) is 41.1 Å². The Morgan fingerprint density at radius 1 is 0.341 bits per heavy atom. The Morgan fingerprint density at radius 2 is 0.650 bits per heavy atom. The van der Waals surface area contributed by atoms with Crippen LogP contribution in [0.2, 0.25) is 0 Å². The highest BCUT2D eigenvalue weighted by atomic mass is 16.2. The van der Waals surface area contributed by atoms with E-state index in [9.17, 15) is 47.9 Å². The molecule has 0 aromatic heterocycles.